The van der Waals surface area contributed by atoms with Crippen LogP contribution in [0, 0.1) is 37.4 Å². The number of aromatic amines is 1. The molecule has 3 saturated heterocycles. The maximum absolute atomic E-state index is 14.8. The molecule has 0 spiro atoms. The number of nitrogens with two attached hydrogens (primary N) is 1. The standard InChI is InChI=1S/C56H69FN12O7S2/c1-33-34(2)65-66-49(33)64-50-40-28-45(78(74,75)55(3,4)5)44(29-41(40)61-32-62-50)76-27-9-10-35-18-23-67(24-19-35)46-17-14-38(30-60-46)52(71)68-25-20-36(21-26-68)47(56(6,59-7)54(58)73)53(72)69-22-8-11-43(69)51-63-42(31-77-51)48(70)37-12-15-39(57)16-13-37/h12-17,28-32,35-36,43,47,59H,8-11,18-27H2,1-7H3,(H2,58,73)(H2,61,62,64,65,66)/t43-,47+,56?/m0/s1. The molecule has 2 aromatic carbocycles. The zero-order chi connectivity index (χ0) is 55.7. The van der Waals surface area contributed by atoms with Crippen LogP contribution in [-0.2, 0) is 19.4 Å². The maximum Gasteiger partial charge on any atom is 0.255 e. The van der Waals surface area contributed by atoms with Crippen molar-refractivity contribution in [1.29, 1.82) is 0 Å². The highest BCUT2D eigenvalue weighted by molar-refractivity contribution is 7.92. The van der Waals surface area contributed by atoms with E-state index in [1.165, 1.54) is 41.9 Å². The van der Waals surface area contributed by atoms with Crippen molar-refractivity contribution >= 4 is 73.0 Å². The number of piperidine rings is 2. The Hall–Kier alpha value is -6.91. The van der Waals surface area contributed by atoms with Crippen molar-refractivity contribution in [2.45, 2.75) is 114 Å². The summed E-state index contributed by atoms with van der Waals surface area (Å²) in [7, 11) is -2.21. The number of primary amides is 1. The lowest BCUT2D eigenvalue weighted by Gasteiger charge is -2.44. The summed E-state index contributed by atoms with van der Waals surface area (Å²) in [5.74, 6) is -0.409. The van der Waals surface area contributed by atoms with Crippen molar-refractivity contribution < 1.29 is 36.7 Å². The van der Waals surface area contributed by atoms with Gasteiger partial charge < -0.3 is 35.8 Å². The minimum absolute atomic E-state index is 0.0865. The molecule has 19 nitrogen and oxygen atoms in total. The van der Waals surface area contributed by atoms with Crippen LogP contribution in [0.1, 0.15) is 128 Å². The van der Waals surface area contributed by atoms with Crippen LogP contribution in [0.25, 0.3) is 10.9 Å². The molecule has 5 N–H and O–H groups in total. The molecule has 3 aliphatic heterocycles. The van der Waals surface area contributed by atoms with E-state index in [0.29, 0.717) is 96.5 Å². The van der Waals surface area contributed by atoms with Gasteiger partial charge in [0.15, 0.2) is 15.7 Å². The molecule has 0 bridgehead atoms. The number of sulfone groups is 1. The number of nitrogens with one attached hydrogen (secondary N) is 3. The number of carbonyl (C=O) groups excluding carboxylic acids is 4. The summed E-state index contributed by atoms with van der Waals surface area (Å²) in [5, 5.41) is 16.4. The smallest absolute Gasteiger partial charge is 0.255 e. The predicted molar refractivity (Wildman–Crippen MR) is 296 cm³/mol. The Bertz CT molecular complexity index is 3290. The second-order valence-corrected chi connectivity index (χ2v) is 25.5. The van der Waals surface area contributed by atoms with E-state index in [9.17, 15) is 32.0 Å². The van der Waals surface area contributed by atoms with Gasteiger partial charge in [0.25, 0.3) is 5.91 Å². The van der Waals surface area contributed by atoms with Crippen LogP contribution in [-0.4, -0.2) is 129 Å². The van der Waals surface area contributed by atoms with E-state index < -0.39 is 43.8 Å². The number of ketones is 1. The molecule has 78 heavy (non-hydrogen) atoms. The molecule has 6 aromatic rings. The topological polar surface area (TPSA) is 252 Å². The fraction of sp³-hybridized carbons (Fsp3) is 0.482. The molecule has 1 unspecified atom stereocenters. The number of thiazole rings is 1. The first-order valence-electron chi connectivity index (χ1n) is 26.7. The first kappa shape index (κ1) is 55.8. The Balaban J connectivity index is 0.778. The number of pyridine rings is 1. The fourth-order valence-electron chi connectivity index (χ4n) is 11.0. The van der Waals surface area contributed by atoms with Gasteiger partial charge in [0, 0.05) is 72.6 Å². The van der Waals surface area contributed by atoms with Crippen molar-refractivity contribution in [3.63, 3.8) is 0 Å². The second-order valence-electron chi connectivity index (χ2n) is 21.9. The Morgan fingerprint density at radius 2 is 1.63 bits per heavy atom. The van der Waals surface area contributed by atoms with Crippen molar-refractivity contribution in [2.75, 3.05) is 56.6 Å². The predicted octanol–water partition coefficient (Wildman–Crippen LogP) is 7.88. The lowest BCUT2D eigenvalue weighted by atomic mass is 9.71. The monoisotopic (exact) mass is 1100 g/mol. The molecular weight excluding hydrogens is 1040 g/mol. The highest BCUT2D eigenvalue weighted by Crippen LogP contribution is 2.42. The number of carbonyl (C=O) groups is 4. The normalized spacial score (nSPS) is 18.0. The van der Waals surface area contributed by atoms with Gasteiger partial charge in [-0.2, -0.15) is 5.10 Å². The van der Waals surface area contributed by atoms with E-state index in [4.69, 9.17) is 15.5 Å². The molecular formula is C56H69FN12O7S2. The number of aryl methyl sites for hydroxylation is 1. The number of halogens is 1. The van der Waals surface area contributed by atoms with Crippen molar-refractivity contribution in [1.82, 2.24) is 45.2 Å². The van der Waals surface area contributed by atoms with E-state index in [1.54, 1.807) is 68.3 Å². The highest BCUT2D eigenvalue weighted by atomic mass is 32.2. The van der Waals surface area contributed by atoms with Gasteiger partial charge in [0.2, 0.25) is 17.6 Å². The summed E-state index contributed by atoms with van der Waals surface area (Å²) in [6.45, 7) is 13.6. The van der Waals surface area contributed by atoms with E-state index in [-0.39, 0.29) is 39.9 Å². The van der Waals surface area contributed by atoms with E-state index in [0.717, 1.165) is 55.8 Å². The largest absolute Gasteiger partial charge is 0.492 e. The number of nitrogens with zero attached hydrogens (tertiary/aromatic N) is 8. The van der Waals surface area contributed by atoms with Crippen LogP contribution < -0.4 is 26.0 Å². The summed E-state index contributed by atoms with van der Waals surface area (Å²) in [6.07, 6.45) is 8.85. The van der Waals surface area contributed by atoms with Gasteiger partial charge in [-0.05, 0) is 154 Å². The number of fused-ring (bicyclic) bond motifs is 1. The zero-order valence-electron chi connectivity index (χ0n) is 45.3. The van der Waals surface area contributed by atoms with Crippen LogP contribution in [0.5, 0.6) is 5.75 Å². The number of ether oxygens (including phenoxy) is 1. The third-order valence-electron chi connectivity index (χ3n) is 16.1. The maximum atomic E-state index is 14.8. The van der Waals surface area contributed by atoms with Gasteiger partial charge >= 0.3 is 0 Å². The third-order valence-corrected chi connectivity index (χ3v) is 19.6. The Kier molecular flexibility index (Phi) is 16.3. The number of anilines is 3. The van der Waals surface area contributed by atoms with Gasteiger partial charge in [-0.25, -0.2) is 32.7 Å². The average molecular weight is 1110 g/mol. The van der Waals surface area contributed by atoms with E-state index in [1.807, 2.05) is 26.0 Å². The first-order valence-corrected chi connectivity index (χ1v) is 29.0. The number of likely N-dealkylation sites (N-methyl/N-ethyl adjacent to an activating group) is 1. The molecule has 3 atom stereocenters. The Morgan fingerprint density at radius 1 is 0.910 bits per heavy atom. The molecule has 3 amide bonds. The minimum Gasteiger partial charge on any atom is -0.492 e. The summed E-state index contributed by atoms with van der Waals surface area (Å²) >= 11 is 1.29. The van der Waals surface area contributed by atoms with Crippen LogP contribution in [0.3, 0.4) is 0 Å². The highest BCUT2D eigenvalue weighted by Gasteiger charge is 2.51. The van der Waals surface area contributed by atoms with Gasteiger partial charge in [-0.1, -0.05) is 0 Å². The molecule has 414 valence electrons. The molecule has 0 radical (unpaired) electrons. The number of aromatic nitrogens is 6. The molecule has 0 aliphatic carbocycles. The number of likely N-dealkylation sites (tertiary alicyclic amines) is 2. The number of rotatable bonds is 18. The van der Waals surface area contributed by atoms with Gasteiger partial charge in [-0.3, -0.25) is 24.3 Å². The second kappa shape index (κ2) is 22.8. The summed E-state index contributed by atoms with van der Waals surface area (Å²) in [5.41, 5.74) is 8.03. The first-order chi connectivity index (χ1) is 37.2. The van der Waals surface area contributed by atoms with Crippen molar-refractivity contribution in [2.24, 2.45) is 23.5 Å². The molecule has 7 heterocycles. The number of hydrogen-bond donors (Lipinski definition) is 4. The lowest BCUT2D eigenvalue weighted by molar-refractivity contribution is -0.147. The van der Waals surface area contributed by atoms with Gasteiger partial charge in [0.05, 0.1) is 34.4 Å². The van der Waals surface area contributed by atoms with Crippen molar-refractivity contribution in [3.05, 3.63) is 105 Å². The number of H-pyrrole nitrogens is 1. The van der Waals surface area contributed by atoms with Crippen LogP contribution in [0.15, 0.2) is 71.3 Å². The van der Waals surface area contributed by atoms with Gasteiger partial charge in [-0.15, -0.1) is 11.3 Å². The van der Waals surface area contributed by atoms with E-state index >= 15 is 0 Å². The molecule has 9 rings (SSSR count). The quantitative estimate of drug-likeness (QED) is 0.0472. The van der Waals surface area contributed by atoms with Gasteiger partial charge in [0.1, 0.15) is 50.7 Å². The lowest BCUT2D eigenvalue weighted by Crippen LogP contribution is -2.63. The molecule has 3 fully saturated rings. The molecule has 3 aliphatic rings. The number of hydrogen-bond acceptors (Lipinski definition) is 16. The third kappa shape index (κ3) is 11.3. The number of benzene rings is 2. The van der Waals surface area contributed by atoms with Crippen LogP contribution in [0.4, 0.5) is 21.8 Å². The van der Waals surface area contributed by atoms with E-state index in [2.05, 4.69) is 40.7 Å². The molecule has 0 saturated carbocycles. The molecule has 4 aromatic heterocycles. The Morgan fingerprint density at radius 3 is 2.27 bits per heavy atom. The summed E-state index contributed by atoms with van der Waals surface area (Å²) in [4.78, 5) is 79.3. The number of amides is 3. The minimum atomic E-state index is -3.83. The van der Waals surface area contributed by atoms with Crippen LogP contribution in [0.2, 0.25) is 0 Å². The average Bonchev–Trinajstić information content (AvgIpc) is 4.21. The fourth-order valence-corrected chi connectivity index (χ4v) is 13.2. The van der Waals surface area contributed by atoms with Crippen molar-refractivity contribution in [3.8, 4) is 5.75 Å². The summed E-state index contributed by atoms with van der Waals surface area (Å²) in [6, 6.07) is 11.9. The SMILES string of the molecule is CNC(C)(C(N)=O)[C@@H](C(=O)N1CCC[C@H]1c1nc(C(=O)c2ccc(F)cc2)cs1)C1CCN(C(=O)c2ccc(N3CCC(CCCOc4cc5ncnc(Nc6n[nH]c(C)c6C)c5cc4S(=O)(=O)C(C)(C)C)CC3)nc2)CC1. The Labute approximate surface area is 458 Å². The summed E-state index contributed by atoms with van der Waals surface area (Å²) < 4.78 is 46.7. The zero-order valence-corrected chi connectivity index (χ0v) is 46.9. The van der Waals surface area contributed by atoms with Crippen LogP contribution >= 0.6 is 11.3 Å². The molecule has 22 heteroatoms.